The molecular formula is C13H18ClNO2. The second-order valence-electron chi connectivity index (χ2n) is 5.29. The number of rotatable bonds is 3. The average molecular weight is 256 g/mol. The highest BCUT2D eigenvalue weighted by Gasteiger charge is 2.46. The summed E-state index contributed by atoms with van der Waals surface area (Å²) in [6.07, 6.45) is 0.571. The van der Waals surface area contributed by atoms with Gasteiger partial charge in [0.2, 0.25) is 0 Å². The van der Waals surface area contributed by atoms with Crippen LogP contribution >= 0.6 is 11.6 Å². The van der Waals surface area contributed by atoms with Gasteiger partial charge in [0.25, 0.3) is 0 Å². The molecule has 0 aromatic heterocycles. The van der Waals surface area contributed by atoms with Gasteiger partial charge in [0.1, 0.15) is 5.75 Å². The van der Waals surface area contributed by atoms with Crippen LogP contribution in [0.3, 0.4) is 0 Å². The number of nitrogens with one attached hydrogen (secondary N) is 1. The van der Waals surface area contributed by atoms with Gasteiger partial charge in [0, 0.05) is 18.0 Å². The molecule has 94 valence electrons. The molecule has 0 bridgehead atoms. The van der Waals surface area contributed by atoms with Crippen LogP contribution in [0.2, 0.25) is 5.02 Å². The summed E-state index contributed by atoms with van der Waals surface area (Å²) in [6, 6.07) is 5.52. The zero-order chi connectivity index (χ0) is 12.6. The summed E-state index contributed by atoms with van der Waals surface area (Å²) in [7, 11) is 0. The van der Waals surface area contributed by atoms with Gasteiger partial charge in [0.15, 0.2) is 0 Å². The summed E-state index contributed by atoms with van der Waals surface area (Å²) in [6.45, 7) is 4.81. The van der Waals surface area contributed by atoms with Crippen molar-refractivity contribution in [2.45, 2.75) is 39.0 Å². The number of halogens is 1. The van der Waals surface area contributed by atoms with Crippen LogP contribution in [-0.2, 0) is 6.54 Å². The van der Waals surface area contributed by atoms with Gasteiger partial charge in [-0.05, 0) is 24.1 Å². The number of hydrogen-bond donors (Lipinski definition) is 3. The van der Waals surface area contributed by atoms with Crippen LogP contribution in [0.1, 0.15) is 25.8 Å². The van der Waals surface area contributed by atoms with E-state index in [-0.39, 0.29) is 17.3 Å². The van der Waals surface area contributed by atoms with E-state index in [0.717, 1.165) is 12.0 Å². The number of aliphatic hydroxyl groups is 1. The Balaban J connectivity index is 1.93. The fraction of sp³-hybridized carbons (Fsp3) is 0.538. The lowest BCUT2D eigenvalue weighted by Gasteiger charge is -2.49. The van der Waals surface area contributed by atoms with Gasteiger partial charge >= 0.3 is 0 Å². The highest BCUT2D eigenvalue weighted by atomic mass is 35.5. The number of phenolic OH excluding ortho intramolecular Hbond substituents is 1. The molecule has 0 saturated heterocycles. The zero-order valence-corrected chi connectivity index (χ0v) is 10.8. The molecule has 17 heavy (non-hydrogen) atoms. The lowest BCUT2D eigenvalue weighted by atomic mass is 9.64. The average Bonchev–Trinajstić information content (AvgIpc) is 2.28. The molecular weight excluding hydrogens is 238 g/mol. The molecule has 1 aliphatic rings. The van der Waals surface area contributed by atoms with Gasteiger partial charge in [-0.3, -0.25) is 0 Å². The fourth-order valence-electron chi connectivity index (χ4n) is 2.15. The first-order valence-electron chi connectivity index (χ1n) is 5.80. The van der Waals surface area contributed by atoms with E-state index in [0.29, 0.717) is 17.6 Å². The van der Waals surface area contributed by atoms with Crippen molar-refractivity contribution in [1.82, 2.24) is 5.32 Å². The third-order valence-electron chi connectivity index (χ3n) is 3.78. The van der Waals surface area contributed by atoms with Crippen molar-refractivity contribution in [1.29, 1.82) is 0 Å². The minimum atomic E-state index is -0.219. The van der Waals surface area contributed by atoms with Crippen LogP contribution < -0.4 is 5.32 Å². The van der Waals surface area contributed by atoms with Gasteiger partial charge in [-0.25, -0.2) is 0 Å². The molecule has 3 nitrogen and oxygen atoms in total. The molecule has 0 amide bonds. The van der Waals surface area contributed by atoms with Gasteiger partial charge in [0.05, 0.1) is 11.1 Å². The van der Waals surface area contributed by atoms with Crippen molar-refractivity contribution in [3.63, 3.8) is 0 Å². The van der Waals surface area contributed by atoms with Crippen LogP contribution in [0.25, 0.3) is 0 Å². The summed E-state index contributed by atoms with van der Waals surface area (Å²) in [4.78, 5) is 0. The van der Waals surface area contributed by atoms with E-state index in [1.165, 1.54) is 0 Å². The Morgan fingerprint density at radius 1 is 1.47 bits per heavy atom. The van der Waals surface area contributed by atoms with Gasteiger partial charge < -0.3 is 15.5 Å². The molecule has 2 atom stereocenters. The molecule has 0 heterocycles. The molecule has 3 N–H and O–H groups in total. The Morgan fingerprint density at radius 3 is 2.71 bits per heavy atom. The molecule has 4 heteroatoms. The second kappa shape index (κ2) is 4.48. The van der Waals surface area contributed by atoms with Crippen LogP contribution in [0.4, 0.5) is 0 Å². The first kappa shape index (κ1) is 12.7. The quantitative estimate of drug-likeness (QED) is 0.777. The van der Waals surface area contributed by atoms with Gasteiger partial charge in [-0.2, -0.15) is 0 Å². The molecule has 2 unspecified atom stereocenters. The minimum Gasteiger partial charge on any atom is -0.506 e. The third kappa shape index (κ3) is 2.41. The first-order valence-corrected chi connectivity index (χ1v) is 6.18. The molecule has 0 radical (unpaired) electrons. The Kier molecular flexibility index (Phi) is 3.34. The fourth-order valence-corrected chi connectivity index (χ4v) is 2.35. The van der Waals surface area contributed by atoms with E-state index < -0.39 is 0 Å². The van der Waals surface area contributed by atoms with E-state index in [2.05, 4.69) is 19.2 Å². The Labute approximate surface area is 106 Å². The summed E-state index contributed by atoms with van der Waals surface area (Å²) in [5.74, 6) is 0.106. The van der Waals surface area contributed by atoms with Crippen LogP contribution in [-0.4, -0.2) is 22.4 Å². The summed E-state index contributed by atoms with van der Waals surface area (Å²) in [5.41, 5.74) is 0.964. The van der Waals surface area contributed by atoms with Gasteiger partial charge in [-0.1, -0.05) is 31.5 Å². The smallest absolute Gasteiger partial charge is 0.134 e. The molecule has 0 spiro atoms. The lowest BCUT2D eigenvalue weighted by molar-refractivity contribution is -0.0729. The SMILES string of the molecule is CC1(C)C(O)CC1NCc1ccc(O)c(Cl)c1. The highest BCUT2D eigenvalue weighted by Crippen LogP contribution is 2.40. The largest absolute Gasteiger partial charge is 0.506 e. The first-order chi connectivity index (χ1) is 7.91. The van der Waals surface area contributed by atoms with E-state index in [4.69, 9.17) is 11.6 Å². The second-order valence-corrected chi connectivity index (χ2v) is 5.70. The molecule has 1 aromatic carbocycles. The van der Waals surface area contributed by atoms with Gasteiger partial charge in [-0.15, -0.1) is 0 Å². The Morgan fingerprint density at radius 2 is 2.18 bits per heavy atom. The van der Waals surface area contributed by atoms with Crippen molar-refractivity contribution in [3.8, 4) is 5.75 Å². The number of benzene rings is 1. The maximum absolute atomic E-state index is 9.63. The van der Waals surface area contributed by atoms with Crippen LogP contribution in [0.15, 0.2) is 18.2 Å². The van der Waals surface area contributed by atoms with Crippen molar-refractivity contribution in [2.24, 2.45) is 5.41 Å². The van der Waals surface area contributed by atoms with Crippen molar-refractivity contribution in [3.05, 3.63) is 28.8 Å². The molecule has 2 rings (SSSR count). The molecule has 0 aliphatic heterocycles. The normalized spacial score (nSPS) is 26.6. The van der Waals surface area contributed by atoms with Crippen molar-refractivity contribution < 1.29 is 10.2 Å². The molecule has 1 aromatic rings. The summed E-state index contributed by atoms with van der Waals surface area (Å²) >= 11 is 5.84. The number of aromatic hydroxyl groups is 1. The van der Waals surface area contributed by atoms with Crippen LogP contribution in [0, 0.1) is 5.41 Å². The standard InChI is InChI=1S/C13H18ClNO2/c1-13(2)11(6-12(13)17)15-7-8-3-4-10(16)9(14)5-8/h3-5,11-12,15-17H,6-7H2,1-2H3. The Bertz CT molecular complexity index is 420. The monoisotopic (exact) mass is 255 g/mol. The summed E-state index contributed by atoms with van der Waals surface area (Å²) in [5, 5.41) is 22.7. The van der Waals surface area contributed by atoms with E-state index in [9.17, 15) is 10.2 Å². The topological polar surface area (TPSA) is 52.5 Å². The lowest BCUT2D eigenvalue weighted by Crippen LogP contribution is -2.59. The maximum atomic E-state index is 9.63. The third-order valence-corrected chi connectivity index (χ3v) is 4.08. The Hall–Kier alpha value is -0.770. The number of phenols is 1. The van der Waals surface area contributed by atoms with Crippen molar-refractivity contribution in [2.75, 3.05) is 0 Å². The molecule has 1 fully saturated rings. The maximum Gasteiger partial charge on any atom is 0.134 e. The number of aliphatic hydroxyl groups excluding tert-OH is 1. The zero-order valence-electron chi connectivity index (χ0n) is 10.1. The van der Waals surface area contributed by atoms with E-state index in [1.807, 2.05) is 6.07 Å². The highest BCUT2D eigenvalue weighted by molar-refractivity contribution is 6.32. The van der Waals surface area contributed by atoms with Crippen molar-refractivity contribution >= 4 is 11.6 Å². The summed E-state index contributed by atoms with van der Waals surface area (Å²) < 4.78 is 0. The van der Waals surface area contributed by atoms with Crippen LogP contribution in [0.5, 0.6) is 5.75 Å². The molecule has 1 aliphatic carbocycles. The predicted molar refractivity (Wildman–Crippen MR) is 68.1 cm³/mol. The minimum absolute atomic E-state index is 0.0687. The number of hydrogen-bond acceptors (Lipinski definition) is 3. The van der Waals surface area contributed by atoms with E-state index in [1.54, 1.807) is 12.1 Å². The molecule has 1 saturated carbocycles. The van der Waals surface area contributed by atoms with E-state index >= 15 is 0 Å². The predicted octanol–water partition coefficient (Wildman–Crippen LogP) is 2.29.